The highest BCUT2D eigenvalue weighted by Crippen LogP contribution is 2.65. The second-order valence-corrected chi connectivity index (χ2v) is 9.65. The van der Waals surface area contributed by atoms with E-state index < -0.39 is 0 Å². The minimum absolute atomic E-state index is 0.124. The number of nitrogens with zero attached hydrogens (tertiary/aromatic N) is 1. The third-order valence-electron chi connectivity index (χ3n) is 7.96. The number of carbonyl (C=O) groups is 3. The van der Waals surface area contributed by atoms with Crippen LogP contribution < -0.4 is 9.64 Å². The molecule has 2 bridgehead atoms. The van der Waals surface area contributed by atoms with Crippen LogP contribution in [0, 0.1) is 49.4 Å². The first-order valence-electron chi connectivity index (χ1n) is 11.3. The van der Waals surface area contributed by atoms with Gasteiger partial charge < -0.3 is 4.74 Å². The number of ketones is 1. The van der Waals surface area contributed by atoms with Crippen LogP contribution in [0.15, 0.2) is 54.6 Å². The third-order valence-corrected chi connectivity index (χ3v) is 7.96. The van der Waals surface area contributed by atoms with Crippen molar-refractivity contribution in [1.29, 1.82) is 0 Å². The average Bonchev–Trinajstić information content (AvgIpc) is 3.58. The van der Waals surface area contributed by atoms with Crippen molar-refractivity contribution in [3.63, 3.8) is 0 Å². The van der Waals surface area contributed by atoms with Gasteiger partial charge >= 0.3 is 0 Å². The highest BCUT2D eigenvalue weighted by Gasteiger charge is 2.67. The quantitative estimate of drug-likeness (QED) is 0.409. The minimum Gasteiger partial charge on any atom is -0.483 e. The third kappa shape index (κ3) is 2.73. The molecule has 3 fully saturated rings. The Balaban J connectivity index is 1.25. The summed E-state index contributed by atoms with van der Waals surface area (Å²) in [5, 5.41) is 0. The van der Waals surface area contributed by atoms with E-state index in [1.165, 1.54) is 4.90 Å². The number of imide groups is 1. The number of rotatable bonds is 5. The topological polar surface area (TPSA) is 63.7 Å². The second-order valence-electron chi connectivity index (χ2n) is 9.65. The second kappa shape index (κ2) is 6.89. The van der Waals surface area contributed by atoms with Crippen LogP contribution >= 0.6 is 0 Å². The van der Waals surface area contributed by atoms with Gasteiger partial charge in [0.15, 0.2) is 12.4 Å². The number of hydrogen-bond acceptors (Lipinski definition) is 4. The Kier molecular flexibility index (Phi) is 4.19. The van der Waals surface area contributed by atoms with E-state index in [4.69, 9.17) is 4.74 Å². The first kappa shape index (κ1) is 19.5. The summed E-state index contributed by atoms with van der Waals surface area (Å²) < 4.78 is 5.87. The van der Waals surface area contributed by atoms with Gasteiger partial charge in [-0.3, -0.25) is 14.4 Å². The van der Waals surface area contributed by atoms with Gasteiger partial charge in [-0.1, -0.05) is 36.4 Å². The number of aryl methyl sites for hydroxylation is 2. The monoisotopic (exact) mass is 427 g/mol. The van der Waals surface area contributed by atoms with Gasteiger partial charge in [0.2, 0.25) is 11.8 Å². The number of allylic oxidation sites excluding steroid dienone is 2. The lowest BCUT2D eigenvalue weighted by atomic mass is 9.63. The SMILES string of the molecule is Cc1ccc(C(=O)COc2ccccc2N2C(=O)[C@@H]3[C@H]4C=C[C@@H]([C@@H]5C[C@H]45)[C@@H]3C2=O)cc1C. The van der Waals surface area contributed by atoms with Crippen LogP contribution in [0.1, 0.15) is 27.9 Å². The smallest absolute Gasteiger partial charge is 0.238 e. The molecule has 5 aliphatic rings. The molecule has 4 aliphatic carbocycles. The van der Waals surface area contributed by atoms with E-state index in [2.05, 4.69) is 12.2 Å². The summed E-state index contributed by atoms with van der Waals surface area (Å²) in [4.78, 5) is 40.9. The Morgan fingerprint density at radius 1 is 0.938 bits per heavy atom. The minimum atomic E-state index is -0.258. The van der Waals surface area contributed by atoms with Crippen molar-refractivity contribution in [2.75, 3.05) is 11.5 Å². The van der Waals surface area contributed by atoms with Gasteiger partial charge in [0.05, 0.1) is 17.5 Å². The Labute approximate surface area is 187 Å². The van der Waals surface area contributed by atoms with E-state index in [9.17, 15) is 14.4 Å². The first-order valence-corrected chi connectivity index (χ1v) is 11.3. The molecule has 2 aromatic rings. The van der Waals surface area contributed by atoms with E-state index in [-0.39, 0.29) is 47.9 Å². The molecule has 2 aromatic carbocycles. The highest BCUT2D eigenvalue weighted by molar-refractivity contribution is 6.23. The summed E-state index contributed by atoms with van der Waals surface area (Å²) in [7, 11) is 0. The molecule has 6 atom stereocenters. The number of carbonyl (C=O) groups excluding carboxylic acids is 3. The summed E-state index contributed by atoms with van der Waals surface area (Å²) >= 11 is 0. The van der Waals surface area contributed by atoms with Gasteiger partial charge in [0.1, 0.15) is 5.75 Å². The molecule has 0 radical (unpaired) electrons. The lowest BCUT2D eigenvalue weighted by Gasteiger charge is -2.37. The molecule has 1 aliphatic heterocycles. The van der Waals surface area contributed by atoms with Crippen molar-refractivity contribution in [1.82, 2.24) is 0 Å². The molecule has 0 aromatic heterocycles. The molecule has 0 spiro atoms. The van der Waals surface area contributed by atoms with Crippen molar-refractivity contribution >= 4 is 23.3 Å². The van der Waals surface area contributed by atoms with Gasteiger partial charge in [0, 0.05) is 5.56 Å². The summed E-state index contributed by atoms with van der Waals surface area (Å²) in [5.74, 6) is 0.954. The highest BCUT2D eigenvalue weighted by atomic mass is 16.5. The van der Waals surface area contributed by atoms with Crippen LogP contribution in [0.4, 0.5) is 5.69 Å². The summed E-state index contributed by atoms with van der Waals surface area (Å²) in [6.07, 6.45) is 5.47. The van der Waals surface area contributed by atoms with Gasteiger partial charge in [0.25, 0.3) is 0 Å². The molecule has 32 heavy (non-hydrogen) atoms. The van der Waals surface area contributed by atoms with E-state index >= 15 is 0 Å². The molecular formula is C27H25NO4. The van der Waals surface area contributed by atoms with Gasteiger partial charge in [-0.25, -0.2) is 4.90 Å². The normalized spacial score (nSPS) is 31.5. The molecule has 162 valence electrons. The van der Waals surface area contributed by atoms with E-state index in [1.54, 1.807) is 30.3 Å². The van der Waals surface area contributed by atoms with E-state index in [0.29, 0.717) is 28.8 Å². The number of benzene rings is 2. The fourth-order valence-electron chi connectivity index (χ4n) is 6.10. The van der Waals surface area contributed by atoms with Crippen LogP contribution in [0.2, 0.25) is 0 Å². The van der Waals surface area contributed by atoms with E-state index in [0.717, 1.165) is 17.5 Å². The molecule has 0 unspecified atom stereocenters. The van der Waals surface area contributed by atoms with Crippen molar-refractivity contribution in [3.05, 3.63) is 71.3 Å². The Bertz CT molecular complexity index is 1160. The molecule has 7 rings (SSSR count). The molecule has 5 heteroatoms. The van der Waals surface area contributed by atoms with Crippen LogP contribution in [0.5, 0.6) is 5.75 Å². The van der Waals surface area contributed by atoms with Gasteiger partial charge in [-0.15, -0.1) is 0 Å². The Hall–Kier alpha value is -3.21. The lowest BCUT2D eigenvalue weighted by molar-refractivity contribution is -0.124. The molecule has 5 nitrogen and oxygen atoms in total. The van der Waals surface area contributed by atoms with Crippen molar-refractivity contribution in [2.45, 2.75) is 20.3 Å². The lowest BCUT2D eigenvalue weighted by Crippen LogP contribution is -2.40. The average molecular weight is 428 g/mol. The maximum Gasteiger partial charge on any atom is 0.238 e. The molecule has 0 N–H and O–H groups in total. The van der Waals surface area contributed by atoms with Crippen LogP contribution in [-0.2, 0) is 9.59 Å². The number of ether oxygens (including phenoxy) is 1. The number of anilines is 1. The molecule has 2 saturated carbocycles. The van der Waals surface area contributed by atoms with Gasteiger partial charge in [-0.2, -0.15) is 0 Å². The predicted octanol–water partition coefficient (Wildman–Crippen LogP) is 4.12. The van der Waals surface area contributed by atoms with Crippen molar-refractivity contribution < 1.29 is 19.1 Å². The Morgan fingerprint density at radius 2 is 1.59 bits per heavy atom. The maximum atomic E-state index is 13.4. The zero-order valence-electron chi connectivity index (χ0n) is 18.2. The van der Waals surface area contributed by atoms with Crippen LogP contribution in [0.25, 0.3) is 0 Å². The number of Topliss-reactive ketones (excluding diaryl/α,β-unsaturated/α-hetero) is 1. The molecular weight excluding hydrogens is 402 g/mol. The fraction of sp³-hybridized carbons (Fsp3) is 0.370. The molecule has 1 saturated heterocycles. The summed E-state index contributed by atoms with van der Waals surface area (Å²) in [6, 6.07) is 12.6. The Morgan fingerprint density at radius 3 is 2.25 bits per heavy atom. The largest absolute Gasteiger partial charge is 0.483 e. The van der Waals surface area contributed by atoms with Crippen molar-refractivity contribution in [2.24, 2.45) is 35.5 Å². The van der Waals surface area contributed by atoms with Crippen LogP contribution in [-0.4, -0.2) is 24.2 Å². The predicted molar refractivity (Wildman–Crippen MR) is 119 cm³/mol. The number of hydrogen-bond donors (Lipinski definition) is 0. The summed E-state index contributed by atoms with van der Waals surface area (Å²) in [5.41, 5.74) is 3.21. The standard InChI is InChI=1S/C27H25NO4/c1-14-7-8-16(11-15(14)2)22(29)13-32-23-6-4-3-5-21(23)28-26(30)24-17-9-10-18(20-12-19(17)20)25(24)27(28)31/h3-11,17-20,24-25H,12-13H2,1-2H3/t17-,18-,19-,20+,24-,25+/m0/s1. The summed E-state index contributed by atoms with van der Waals surface area (Å²) in [6.45, 7) is 3.82. The zero-order chi connectivity index (χ0) is 22.1. The number of para-hydroxylation sites is 2. The van der Waals surface area contributed by atoms with Crippen molar-refractivity contribution in [3.8, 4) is 5.75 Å². The van der Waals surface area contributed by atoms with Gasteiger partial charge in [-0.05, 0) is 73.3 Å². The number of amides is 2. The van der Waals surface area contributed by atoms with Crippen LogP contribution in [0.3, 0.4) is 0 Å². The first-order chi connectivity index (χ1) is 15.5. The molecule has 1 heterocycles. The zero-order valence-corrected chi connectivity index (χ0v) is 18.2. The fourth-order valence-corrected chi connectivity index (χ4v) is 6.10. The molecule has 2 amide bonds. The maximum absolute atomic E-state index is 13.4. The van der Waals surface area contributed by atoms with E-state index in [1.807, 2.05) is 26.0 Å².